The van der Waals surface area contributed by atoms with Crippen LogP contribution in [0.3, 0.4) is 0 Å². The summed E-state index contributed by atoms with van der Waals surface area (Å²) < 4.78 is 5.01. The zero-order chi connectivity index (χ0) is 21.7. The molecular formula is C24H42N2O4. The second-order valence-corrected chi connectivity index (χ2v) is 8.02. The third-order valence-corrected chi connectivity index (χ3v) is 5.18. The molecule has 1 aliphatic rings. The van der Waals surface area contributed by atoms with Crippen LogP contribution in [0.15, 0.2) is 17.3 Å². The molecule has 0 N–H and O–H groups in total. The fraction of sp³-hybridized carbons (Fsp3) is 0.792. The molecule has 1 heterocycles. The maximum atomic E-state index is 11.6. The van der Waals surface area contributed by atoms with E-state index >= 15 is 0 Å². The van der Waals surface area contributed by atoms with Crippen LogP contribution in [0.25, 0.3) is 0 Å². The number of nitrogens with zero attached hydrogens (tertiary/aromatic N) is 2. The van der Waals surface area contributed by atoms with Crippen LogP contribution in [0.5, 0.6) is 0 Å². The zero-order valence-corrected chi connectivity index (χ0v) is 19.0. The van der Waals surface area contributed by atoms with E-state index in [9.17, 15) is 9.59 Å². The minimum absolute atomic E-state index is 0.00979. The summed E-state index contributed by atoms with van der Waals surface area (Å²) in [5, 5.41) is 1.38. The van der Waals surface area contributed by atoms with Gasteiger partial charge in [-0.15, -0.1) is 0 Å². The molecule has 0 aromatic rings. The molecule has 0 radical (unpaired) electrons. The van der Waals surface area contributed by atoms with E-state index in [-0.39, 0.29) is 12.8 Å². The van der Waals surface area contributed by atoms with Crippen molar-refractivity contribution < 1.29 is 19.2 Å². The third-order valence-electron chi connectivity index (χ3n) is 5.18. The number of hydroxylamine groups is 2. The Morgan fingerprint density at radius 2 is 1.43 bits per heavy atom. The van der Waals surface area contributed by atoms with Crippen molar-refractivity contribution in [1.82, 2.24) is 5.06 Å². The van der Waals surface area contributed by atoms with E-state index < -0.39 is 11.9 Å². The van der Waals surface area contributed by atoms with E-state index in [1.165, 1.54) is 94.7 Å². The summed E-state index contributed by atoms with van der Waals surface area (Å²) in [6, 6.07) is 0. The van der Waals surface area contributed by atoms with Gasteiger partial charge in [0.25, 0.3) is 0 Å². The van der Waals surface area contributed by atoms with Gasteiger partial charge in [0.1, 0.15) is 6.34 Å². The summed E-state index contributed by atoms with van der Waals surface area (Å²) in [6.07, 6.45) is 23.2. The van der Waals surface area contributed by atoms with Gasteiger partial charge >= 0.3 is 11.9 Å². The molecule has 0 bridgehead atoms. The maximum Gasteiger partial charge on any atom is 0.333 e. The van der Waals surface area contributed by atoms with Crippen LogP contribution in [-0.2, 0) is 19.2 Å². The first-order valence-corrected chi connectivity index (χ1v) is 12.0. The van der Waals surface area contributed by atoms with E-state index in [1.54, 1.807) is 0 Å². The highest BCUT2D eigenvalue weighted by atomic mass is 16.7. The van der Waals surface area contributed by atoms with Gasteiger partial charge in [-0.3, -0.25) is 9.79 Å². The summed E-state index contributed by atoms with van der Waals surface area (Å²) in [5.74, 6) is -0.861. The third kappa shape index (κ3) is 16.0. The molecule has 172 valence electrons. The molecule has 0 aromatic carbocycles. The molecule has 0 aliphatic carbocycles. The topological polar surface area (TPSA) is 68.2 Å². The zero-order valence-electron chi connectivity index (χ0n) is 19.0. The Morgan fingerprint density at radius 3 is 2.00 bits per heavy atom. The van der Waals surface area contributed by atoms with Gasteiger partial charge in [-0.25, -0.2) is 4.79 Å². The first-order valence-electron chi connectivity index (χ1n) is 12.0. The van der Waals surface area contributed by atoms with E-state index in [1.807, 2.05) is 6.08 Å². The molecule has 1 aliphatic heterocycles. The predicted octanol–water partition coefficient (Wildman–Crippen LogP) is 6.11. The van der Waals surface area contributed by atoms with Crippen LogP contribution in [0, 0.1) is 0 Å². The van der Waals surface area contributed by atoms with E-state index in [0.29, 0.717) is 13.1 Å². The quantitative estimate of drug-likeness (QED) is 0.143. The van der Waals surface area contributed by atoms with Gasteiger partial charge in [0.15, 0.2) is 0 Å². The van der Waals surface area contributed by atoms with Crippen LogP contribution in [0.2, 0.25) is 0 Å². The fourth-order valence-electron chi connectivity index (χ4n) is 3.34. The summed E-state index contributed by atoms with van der Waals surface area (Å²) in [5.41, 5.74) is 0. The van der Waals surface area contributed by atoms with Gasteiger partial charge in [0.05, 0.1) is 32.2 Å². The van der Waals surface area contributed by atoms with Gasteiger partial charge in [-0.2, -0.15) is 5.06 Å². The van der Waals surface area contributed by atoms with Crippen LogP contribution < -0.4 is 0 Å². The van der Waals surface area contributed by atoms with Crippen LogP contribution in [0.1, 0.15) is 110 Å². The van der Waals surface area contributed by atoms with Crippen LogP contribution in [0.4, 0.5) is 0 Å². The molecule has 0 fully saturated rings. The number of ether oxygens (including phenoxy) is 1. The van der Waals surface area contributed by atoms with Gasteiger partial charge in [0, 0.05) is 0 Å². The standard InChI is InChI=1S/C24H42N2O4/c1-2-3-4-5-6-7-8-9-10-11-12-13-14-15-16-21-29-23(27)17-18-24(28)30-26-20-19-25-22-26/h16,21-22H,2-15,17-20H2,1H3. The Labute approximate surface area is 183 Å². The molecular weight excluding hydrogens is 380 g/mol. The number of rotatable bonds is 19. The van der Waals surface area contributed by atoms with Crippen molar-refractivity contribution in [1.29, 1.82) is 0 Å². The largest absolute Gasteiger partial charge is 0.435 e. The Balaban J connectivity index is 1.81. The highest BCUT2D eigenvalue weighted by molar-refractivity contribution is 5.78. The Morgan fingerprint density at radius 1 is 0.867 bits per heavy atom. The van der Waals surface area contributed by atoms with Gasteiger partial charge in [-0.05, 0) is 18.9 Å². The first kappa shape index (κ1) is 26.2. The number of aliphatic imine (C=N–C) groups is 1. The second kappa shape index (κ2) is 19.1. The van der Waals surface area contributed by atoms with Gasteiger partial charge < -0.3 is 9.57 Å². The minimum Gasteiger partial charge on any atom is -0.435 e. The number of esters is 1. The second-order valence-electron chi connectivity index (χ2n) is 8.02. The number of unbranched alkanes of at least 4 members (excludes halogenated alkanes) is 13. The molecule has 1 rings (SSSR count). The maximum absolute atomic E-state index is 11.6. The van der Waals surface area contributed by atoms with Crippen molar-refractivity contribution in [2.45, 2.75) is 110 Å². The fourth-order valence-corrected chi connectivity index (χ4v) is 3.34. The van der Waals surface area contributed by atoms with Crippen LogP contribution in [-0.4, -0.2) is 36.4 Å². The molecule has 0 atom stereocenters. The molecule has 0 unspecified atom stereocenters. The lowest BCUT2D eigenvalue weighted by atomic mass is 10.0. The number of carbonyl (C=O) groups excluding carboxylic acids is 2. The lowest BCUT2D eigenvalue weighted by molar-refractivity contribution is -0.171. The lowest BCUT2D eigenvalue weighted by Crippen LogP contribution is -2.24. The van der Waals surface area contributed by atoms with Gasteiger partial charge in [0.2, 0.25) is 0 Å². The molecule has 0 spiro atoms. The van der Waals surface area contributed by atoms with Gasteiger partial charge in [-0.1, -0.05) is 84.0 Å². The van der Waals surface area contributed by atoms with Crippen LogP contribution >= 0.6 is 0 Å². The highest BCUT2D eigenvalue weighted by Gasteiger charge is 2.13. The first-order chi connectivity index (χ1) is 14.7. The monoisotopic (exact) mass is 422 g/mol. The predicted molar refractivity (Wildman–Crippen MR) is 121 cm³/mol. The Kier molecular flexibility index (Phi) is 16.7. The number of allylic oxidation sites excluding steroid dienone is 1. The van der Waals surface area contributed by atoms with Crippen molar-refractivity contribution in [2.75, 3.05) is 13.1 Å². The molecule has 30 heavy (non-hydrogen) atoms. The van der Waals surface area contributed by atoms with Crippen molar-refractivity contribution in [2.24, 2.45) is 4.99 Å². The molecule has 6 heteroatoms. The highest BCUT2D eigenvalue weighted by Crippen LogP contribution is 2.13. The molecule has 0 aromatic heterocycles. The molecule has 6 nitrogen and oxygen atoms in total. The number of hydrogen-bond acceptors (Lipinski definition) is 6. The summed E-state index contributed by atoms with van der Waals surface area (Å²) in [4.78, 5) is 32.1. The number of carbonyl (C=O) groups is 2. The average Bonchev–Trinajstić information content (AvgIpc) is 3.25. The minimum atomic E-state index is -0.448. The van der Waals surface area contributed by atoms with Crippen molar-refractivity contribution in [3.8, 4) is 0 Å². The summed E-state index contributed by atoms with van der Waals surface area (Å²) in [6.45, 7) is 3.46. The van der Waals surface area contributed by atoms with E-state index in [4.69, 9.17) is 9.57 Å². The Hall–Kier alpha value is -1.85. The van der Waals surface area contributed by atoms with Crippen molar-refractivity contribution >= 4 is 18.3 Å². The van der Waals surface area contributed by atoms with Crippen molar-refractivity contribution in [3.05, 3.63) is 12.3 Å². The smallest absolute Gasteiger partial charge is 0.333 e. The average molecular weight is 423 g/mol. The van der Waals surface area contributed by atoms with Crippen molar-refractivity contribution in [3.63, 3.8) is 0 Å². The molecule has 0 saturated heterocycles. The lowest BCUT2D eigenvalue weighted by Gasteiger charge is -2.12. The van der Waals surface area contributed by atoms with E-state index in [2.05, 4.69) is 11.9 Å². The molecule has 0 amide bonds. The summed E-state index contributed by atoms with van der Waals surface area (Å²) in [7, 11) is 0. The van der Waals surface area contributed by atoms with E-state index in [0.717, 1.165) is 12.8 Å². The number of hydrogen-bond donors (Lipinski definition) is 0. The SMILES string of the molecule is CCCCCCCCCCCCCCCC=COC(=O)CCC(=O)ON1C=NCC1. The summed E-state index contributed by atoms with van der Waals surface area (Å²) >= 11 is 0. The normalized spacial score (nSPS) is 13.3. The Bertz CT molecular complexity index is 505. The molecule has 0 saturated carbocycles.